The van der Waals surface area contributed by atoms with Crippen LogP contribution in [-0.4, -0.2) is 87.5 Å². The number of halogens is 2. The highest BCUT2D eigenvalue weighted by atomic mass is 35.5. The summed E-state index contributed by atoms with van der Waals surface area (Å²) in [6.07, 6.45) is 4.88. The molecule has 0 unspecified atom stereocenters. The summed E-state index contributed by atoms with van der Waals surface area (Å²) in [5.41, 5.74) is 6.88. The molecule has 6 rings (SSSR count). The molecule has 0 aliphatic carbocycles. The van der Waals surface area contributed by atoms with E-state index >= 15 is 0 Å². The van der Waals surface area contributed by atoms with Crippen LogP contribution in [-0.2, 0) is 13.0 Å². The Balaban J connectivity index is 0.00000308. The Kier molecular flexibility index (Phi) is 8.19. The number of aromatic nitrogens is 3. The molecule has 8 nitrogen and oxygen atoms in total. The molecule has 0 spiro atoms. The normalized spacial score (nSPS) is 18.3. The monoisotopic (exact) mass is 569 g/mol. The van der Waals surface area contributed by atoms with Crippen molar-refractivity contribution >= 4 is 41.6 Å². The molecular weight excluding hydrogens is 533 g/mol. The molecule has 3 aromatic rings. The van der Waals surface area contributed by atoms with E-state index in [0.717, 1.165) is 110 Å². The van der Waals surface area contributed by atoms with E-state index in [2.05, 4.69) is 38.6 Å². The van der Waals surface area contributed by atoms with Gasteiger partial charge in [-0.05, 0) is 75.5 Å². The molecule has 0 atom stereocenters. The molecule has 10 heteroatoms. The summed E-state index contributed by atoms with van der Waals surface area (Å²) in [5, 5.41) is 4.12. The van der Waals surface area contributed by atoms with E-state index in [1.807, 2.05) is 42.3 Å². The van der Waals surface area contributed by atoms with Crippen LogP contribution in [0.1, 0.15) is 39.9 Å². The zero-order chi connectivity index (χ0) is 26.4. The Morgan fingerprint density at radius 1 is 1.00 bits per heavy atom. The first-order valence-electron chi connectivity index (χ1n) is 13.7. The predicted octanol–water partition coefficient (Wildman–Crippen LogP) is 4.79. The number of carbonyl (C=O) groups is 1. The number of likely N-dealkylation sites (tertiary alicyclic amines) is 1. The van der Waals surface area contributed by atoms with Gasteiger partial charge >= 0.3 is 0 Å². The highest BCUT2D eigenvalue weighted by Gasteiger charge is 2.29. The fourth-order valence-electron chi connectivity index (χ4n) is 6.13. The quantitative estimate of drug-likeness (QED) is 0.487. The fraction of sp³-hybridized carbons (Fsp3) is 0.483. The smallest absolute Gasteiger partial charge is 0.253 e. The van der Waals surface area contributed by atoms with Crippen LogP contribution in [0.4, 0.5) is 11.6 Å². The van der Waals surface area contributed by atoms with Crippen LogP contribution >= 0.6 is 24.0 Å². The maximum atomic E-state index is 13.3. The van der Waals surface area contributed by atoms with Gasteiger partial charge < -0.3 is 19.7 Å². The van der Waals surface area contributed by atoms with Crippen molar-refractivity contribution in [3.63, 3.8) is 0 Å². The second-order valence-corrected chi connectivity index (χ2v) is 11.4. The Bertz CT molecular complexity index is 1360. The van der Waals surface area contributed by atoms with Crippen molar-refractivity contribution in [1.29, 1.82) is 0 Å². The lowest BCUT2D eigenvalue weighted by Crippen LogP contribution is -2.52. The van der Waals surface area contributed by atoms with Gasteiger partial charge in [-0.25, -0.2) is 9.97 Å². The number of nitrogens with one attached hydrogen (secondary N) is 1. The predicted molar refractivity (Wildman–Crippen MR) is 159 cm³/mol. The molecule has 208 valence electrons. The molecule has 0 saturated carbocycles. The molecule has 2 saturated heterocycles. The number of rotatable bonds is 4. The SMILES string of the molecule is Cc1cc(C(=O)N2CCC(N3CCN(C)CC3)CC2)ccc1Nc1ncc2c(n1)-c1c(C)cc(Cl)n1CC2.Cl. The van der Waals surface area contributed by atoms with E-state index in [-0.39, 0.29) is 18.3 Å². The summed E-state index contributed by atoms with van der Waals surface area (Å²) in [6.45, 7) is 11.1. The molecular formula is C29H37Cl2N7O. The summed E-state index contributed by atoms with van der Waals surface area (Å²) in [4.78, 5) is 29.8. The number of hydrogen-bond donors (Lipinski definition) is 1. The zero-order valence-corrected chi connectivity index (χ0v) is 24.5. The van der Waals surface area contributed by atoms with Crippen LogP contribution in [0.2, 0.25) is 5.15 Å². The first kappa shape index (κ1) is 27.9. The lowest BCUT2D eigenvalue weighted by atomic mass is 10.0. The van der Waals surface area contributed by atoms with Crippen LogP contribution in [0.3, 0.4) is 0 Å². The maximum Gasteiger partial charge on any atom is 0.253 e. The minimum absolute atomic E-state index is 0. The van der Waals surface area contributed by atoms with Gasteiger partial charge in [-0.1, -0.05) is 11.6 Å². The summed E-state index contributed by atoms with van der Waals surface area (Å²) in [5.74, 6) is 0.664. The van der Waals surface area contributed by atoms with Crippen molar-refractivity contribution in [3.8, 4) is 11.4 Å². The summed E-state index contributed by atoms with van der Waals surface area (Å²) in [7, 11) is 2.19. The number of carbonyl (C=O) groups excluding carboxylic acids is 1. The average Bonchev–Trinajstić information content (AvgIpc) is 3.23. The number of piperazine rings is 1. The van der Waals surface area contributed by atoms with Crippen molar-refractivity contribution in [2.45, 2.75) is 45.7 Å². The standard InChI is InChI=1S/C29H36ClN7O.ClH/c1-19-16-21(28(38)36-9-7-23(8-10-36)35-14-12-34(3)13-15-35)4-5-24(19)32-29-31-18-22-6-11-37-25(30)17-20(2)27(37)26(22)33-29;/h4-5,16-18,23H,6-15H2,1-3H3,(H,31,32,33);1H. The molecule has 1 aromatic carbocycles. The van der Waals surface area contributed by atoms with E-state index in [1.165, 1.54) is 0 Å². The topological polar surface area (TPSA) is 69.5 Å². The molecule has 3 aliphatic rings. The number of amides is 1. The molecule has 39 heavy (non-hydrogen) atoms. The van der Waals surface area contributed by atoms with Gasteiger partial charge in [0.15, 0.2) is 0 Å². The molecule has 5 heterocycles. The molecule has 0 bridgehead atoms. The highest BCUT2D eigenvalue weighted by molar-refractivity contribution is 6.30. The molecule has 2 fully saturated rings. The number of fused-ring (bicyclic) bond motifs is 3. The number of piperidine rings is 1. The number of likely N-dealkylation sites (N-methyl/N-ethyl adjacent to an activating group) is 1. The Hall–Kier alpha value is -2.65. The van der Waals surface area contributed by atoms with E-state index in [0.29, 0.717) is 12.0 Å². The van der Waals surface area contributed by atoms with Crippen molar-refractivity contribution in [2.75, 3.05) is 51.6 Å². The highest BCUT2D eigenvalue weighted by Crippen LogP contribution is 2.35. The summed E-state index contributed by atoms with van der Waals surface area (Å²) < 4.78 is 2.12. The van der Waals surface area contributed by atoms with Crippen molar-refractivity contribution in [1.82, 2.24) is 29.2 Å². The second kappa shape index (κ2) is 11.5. The largest absolute Gasteiger partial charge is 0.339 e. The van der Waals surface area contributed by atoms with Crippen LogP contribution in [0.15, 0.2) is 30.5 Å². The lowest BCUT2D eigenvalue weighted by molar-refractivity contribution is 0.0518. The minimum atomic E-state index is 0. The first-order chi connectivity index (χ1) is 18.4. The molecule has 0 radical (unpaired) electrons. The average molecular weight is 571 g/mol. The number of benzene rings is 1. The van der Waals surface area contributed by atoms with Gasteiger partial charge in [0.05, 0.1) is 11.4 Å². The van der Waals surface area contributed by atoms with Gasteiger partial charge in [0.25, 0.3) is 5.91 Å². The third kappa shape index (κ3) is 5.53. The number of nitrogens with zero attached hydrogens (tertiary/aromatic N) is 6. The van der Waals surface area contributed by atoms with Crippen LogP contribution in [0, 0.1) is 13.8 Å². The Morgan fingerprint density at radius 3 is 2.46 bits per heavy atom. The van der Waals surface area contributed by atoms with Gasteiger partial charge in [-0.15, -0.1) is 12.4 Å². The van der Waals surface area contributed by atoms with Crippen LogP contribution < -0.4 is 5.32 Å². The van der Waals surface area contributed by atoms with E-state index in [4.69, 9.17) is 16.6 Å². The third-order valence-electron chi connectivity index (χ3n) is 8.46. The van der Waals surface area contributed by atoms with Gasteiger partial charge in [-0.2, -0.15) is 0 Å². The lowest BCUT2D eigenvalue weighted by Gasteiger charge is -2.42. The van der Waals surface area contributed by atoms with Crippen molar-refractivity contribution in [2.24, 2.45) is 0 Å². The van der Waals surface area contributed by atoms with Crippen molar-refractivity contribution in [3.05, 3.63) is 57.9 Å². The summed E-state index contributed by atoms with van der Waals surface area (Å²) >= 11 is 6.43. The van der Waals surface area contributed by atoms with E-state index < -0.39 is 0 Å². The third-order valence-corrected chi connectivity index (χ3v) is 8.77. The van der Waals surface area contributed by atoms with E-state index in [1.54, 1.807) is 0 Å². The second-order valence-electron chi connectivity index (χ2n) is 11.0. The molecule has 3 aliphatic heterocycles. The molecule has 1 amide bonds. The first-order valence-corrected chi connectivity index (χ1v) is 14.1. The number of aryl methyl sites for hydroxylation is 3. The zero-order valence-electron chi connectivity index (χ0n) is 22.9. The van der Waals surface area contributed by atoms with Crippen LogP contribution in [0.5, 0.6) is 0 Å². The minimum Gasteiger partial charge on any atom is -0.339 e. The number of hydrogen-bond acceptors (Lipinski definition) is 6. The van der Waals surface area contributed by atoms with Gasteiger partial charge in [0, 0.05) is 74.9 Å². The summed E-state index contributed by atoms with van der Waals surface area (Å²) in [6, 6.07) is 8.45. The number of anilines is 2. The molecule has 1 N–H and O–H groups in total. The van der Waals surface area contributed by atoms with Gasteiger partial charge in [-0.3, -0.25) is 9.69 Å². The van der Waals surface area contributed by atoms with Gasteiger partial charge in [0.1, 0.15) is 5.15 Å². The van der Waals surface area contributed by atoms with E-state index in [9.17, 15) is 4.79 Å². The van der Waals surface area contributed by atoms with Crippen LogP contribution in [0.25, 0.3) is 11.4 Å². The Labute approximate surface area is 241 Å². The van der Waals surface area contributed by atoms with Gasteiger partial charge in [0.2, 0.25) is 5.95 Å². The van der Waals surface area contributed by atoms with Crippen molar-refractivity contribution < 1.29 is 4.79 Å². The molecule has 2 aromatic heterocycles. The Morgan fingerprint density at radius 2 is 1.74 bits per heavy atom. The maximum absolute atomic E-state index is 13.3. The fourth-order valence-corrected chi connectivity index (χ4v) is 6.46.